The molecule has 0 aromatic heterocycles. The Kier molecular flexibility index (Phi) is 5.86. The van der Waals surface area contributed by atoms with Gasteiger partial charge in [0.1, 0.15) is 19.2 Å². The molecule has 2 N–H and O–H groups in total. The zero-order valence-electron chi connectivity index (χ0n) is 19.2. The van der Waals surface area contributed by atoms with Crippen LogP contribution in [0, 0.1) is 0 Å². The summed E-state index contributed by atoms with van der Waals surface area (Å²) in [5.74, 6) is -1.75. The van der Waals surface area contributed by atoms with Crippen LogP contribution in [0.1, 0.15) is 17.0 Å². The van der Waals surface area contributed by atoms with E-state index >= 15 is 0 Å². The van der Waals surface area contributed by atoms with Crippen LogP contribution in [-0.2, 0) is 14.3 Å². The highest BCUT2D eigenvalue weighted by Gasteiger charge is 2.35. The number of carbonyl (C=O) groups excluding carboxylic acids is 2. The van der Waals surface area contributed by atoms with Gasteiger partial charge in [0.25, 0.3) is 5.91 Å². The first-order valence-electron chi connectivity index (χ1n) is 11.4. The second kappa shape index (κ2) is 9.13. The number of amides is 2. The molecule has 0 radical (unpaired) electrons. The molecule has 5 rings (SSSR count). The van der Waals surface area contributed by atoms with Gasteiger partial charge in [-0.05, 0) is 34.4 Å². The van der Waals surface area contributed by atoms with Crippen molar-refractivity contribution in [2.45, 2.75) is 12.0 Å². The molecule has 8 heteroatoms. The number of anilines is 2. The molecule has 0 saturated carbocycles. The summed E-state index contributed by atoms with van der Waals surface area (Å²) in [4.78, 5) is 40.6. The van der Waals surface area contributed by atoms with E-state index < -0.39 is 30.6 Å². The molecule has 178 valence electrons. The number of fused-ring (bicyclic) bond motifs is 4. The van der Waals surface area contributed by atoms with E-state index in [2.05, 4.69) is 17.4 Å². The van der Waals surface area contributed by atoms with Crippen LogP contribution in [0.2, 0.25) is 0 Å². The number of carboxylic acid groups (broad SMARTS) is 1. The molecule has 3 aromatic rings. The predicted molar refractivity (Wildman–Crippen MR) is 132 cm³/mol. The molecule has 1 heterocycles. The van der Waals surface area contributed by atoms with Crippen LogP contribution in [0.25, 0.3) is 11.1 Å². The molecule has 1 aliphatic carbocycles. The van der Waals surface area contributed by atoms with Gasteiger partial charge in [0.2, 0.25) is 0 Å². The summed E-state index contributed by atoms with van der Waals surface area (Å²) in [5.41, 5.74) is 5.63. The molecule has 2 aliphatic rings. The van der Waals surface area contributed by atoms with Gasteiger partial charge in [-0.15, -0.1) is 0 Å². The Hall–Kier alpha value is -4.33. The van der Waals surface area contributed by atoms with Gasteiger partial charge >= 0.3 is 12.1 Å². The fourth-order valence-electron chi connectivity index (χ4n) is 4.96. The maximum Gasteiger partial charge on any atom is 0.407 e. The number of carbonyl (C=O) groups is 3. The van der Waals surface area contributed by atoms with Gasteiger partial charge in [0, 0.05) is 19.5 Å². The van der Waals surface area contributed by atoms with Crippen molar-refractivity contribution >= 4 is 29.3 Å². The normalized spacial score (nSPS) is 16.7. The molecular weight excluding hydrogens is 446 g/mol. The number of likely N-dealkylation sites (N-methyl/N-ethyl adjacent to an activating group) is 1. The number of alkyl carbamates (subject to hydrolysis) is 1. The van der Waals surface area contributed by atoms with E-state index in [4.69, 9.17) is 4.74 Å². The highest BCUT2D eigenvalue weighted by Crippen LogP contribution is 2.44. The van der Waals surface area contributed by atoms with E-state index in [1.807, 2.05) is 53.4 Å². The van der Waals surface area contributed by atoms with Crippen molar-refractivity contribution in [2.75, 3.05) is 36.5 Å². The topological polar surface area (TPSA) is 99.2 Å². The Balaban J connectivity index is 1.32. The third kappa shape index (κ3) is 4.19. The fourth-order valence-corrected chi connectivity index (χ4v) is 4.96. The monoisotopic (exact) mass is 471 g/mol. The molecule has 0 fully saturated rings. The Morgan fingerprint density at radius 1 is 0.943 bits per heavy atom. The van der Waals surface area contributed by atoms with Crippen LogP contribution < -0.4 is 15.1 Å². The van der Waals surface area contributed by atoms with E-state index in [9.17, 15) is 19.5 Å². The first kappa shape index (κ1) is 22.5. The first-order valence-corrected chi connectivity index (χ1v) is 11.4. The van der Waals surface area contributed by atoms with Crippen molar-refractivity contribution in [3.63, 3.8) is 0 Å². The number of benzene rings is 3. The van der Waals surface area contributed by atoms with E-state index in [0.29, 0.717) is 11.4 Å². The highest BCUT2D eigenvalue weighted by molar-refractivity contribution is 6.05. The Morgan fingerprint density at radius 2 is 1.51 bits per heavy atom. The number of hydrogen-bond acceptors (Lipinski definition) is 5. The van der Waals surface area contributed by atoms with Crippen LogP contribution in [0.3, 0.4) is 0 Å². The molecule has 1 unspecified atom stereocenters. The van der Waals surface area contributed by atoms with Gasteiger partial charge in [-0.3, -0.25) is 14.5 Å². The zero-order chi connectivity index (χ0) is 24.5. The summed E-state index contributed by atoms with van der Waals surface area (Å²) in [6.07, 6.45) is -0.722. The van der Waals surface area contributed by atoms with E-state index in [1.54, 1.807) is 19.2 Å². The molecule has 1 aliphatic heterocycles. The zero-order valence-corrected chi connectivity index (χ0v) is 19.2. The lowest BCUT2D eigenvalue weighted by molar-refractivity contribution is -0.136. The molecule has 3 aromatic carbocycles. The standard InChI is InChI=1S/C27H25N3O5/c1-29-14-22(26(33)30(15-25(31)32)24-13-7-6-12-23(24)29)28-27(34)35-16-21-19-10-4-2-8-17(19)18-9-3-5-11-20(18)21/h2-13,21-22H,14-16H2,1H3,(H,28,34)(H,31,32). The van der Waals surface area contributed by atoms with E-state index in [1.165, 1.54) is 4.90 Å². The van der Waals surface area contributed by atoms with Crippen molar-refractivity contribution in [1.29, 1.82) is 0 Å². The largest absolute Gasteiger partial charge is 0.480 e. The number of aliphatic carboxylic acids is 1. The third-order valence-corrected chi connectivity index (χ3v) is 6.53. The number of hydrogen-bond donors (Lipinski definition) is 2. The Labute approximate surface area is 202 Å². The minimum absolute atomic E-state index is 0.103. The fraction of sp³-hybridized carbons (Fsp3) is 0.222. The summed E-state index contributed by atoms with van der Waals surface area (Å²) >= 11 is 0. The minimum Gasteiger partial charge on any atom is -0.480 e. The second-order valence-corrected chi connectivity index (χ2v) is 8.71. The molecular formula is C27H25N3O5. The average molecular weight is 472 g/mol. The molecule has 0 bridgehead atoms. The number of carboxylic acids is 1. The Bertz CT molecular complexity index is 1260. The van der Waals surface area contributed by atoms with Crippen LogP contribution in [0.15, 0.2) is 72.8 Å². The van der Waals surface area contributed by atoms with Crippen molar-refractivity contribution in [3.8, 4) is 11.1 Å². The van der Waals surface area contributed by atoms with Crippen LogP contribution >= 0.6 is 0 Å². The van der Waals surface area contributed by atoms with Crippen molar-refractivity contribution in [3.05, 3.63) is 83.9 Å². The minimum atomic E-state index is -1.14. The highest BCUT2D eigenvalue weighted by atomic mass is 16.5. The van der Waals surface area contributed by atoms with Crippen LogP contribution in [0.5, 0.6) is 0 Å². The molecule has 2 amide bonds. The van der Waals surface area contributed by atoms with Crippen molar-refractivity contribution in [1.82, 2.24) is 5.32 Å². The molecule has 35 heavy (non-hydrogen) atoms. The molecule has 0 spiro atoms. The average Bonchev–Trinajstić information content (AvgIpc) is 3.14. The van der Waals surface area contributed by atoms with E-state index in [0.717, 1.165) is 22.3 Å². The summed E-state index contributed by atoms with van der Waals surface area (Å²) in [5, 5.41) is 12.0. The summed E-state index contributed by atoms with van der Waals surface area (Å²) in [6.45, 7) is -0.210. The van der Waals surface area contributed by atoms with Gasteiger partial charge in [0.05, 0.1) is 11.4 Å². The van der Waals surface area contributed by atoms with Crippen LogP contribution in [-0.4, -0.2) is 55.9 Å². The van der Waals surface area contributed by atoms with Gasteiger partial charge in [-0.1, -0.05) is 60.7 Å². The lowest BCUT2D eigenvalue weighted by Crippen LogP contribution is -2.52. The van der Waals surface area contributed by atoms with Crippen LogP contribution in [0.4, 0.5) is 16.2 Å². The maximum absolute atomic E-state index is 13.3. The lowest BCUT2D eigenvalue weighted by Gasteiger charge is -2.24. The van der Waals surface area contributed by atoms with Crippen molar-refractivity contribution in [2.24, 2.45) is 0 Å². The lowest BCUT2D eigenvalue weighted by atomic mass is 9.98. The van der Waals surface area contributed by atoms with Gasteiger partial charge < -0.3 is 20.1 Å². The Morgan fingerprint density at radius 3 is 2.14 bits per heavy atom. The second-order valence-electron chi connectivity index (χ2n) is 8.71. The summed E-state index contributed by atoms with van der Waals surface area (Å²) in [7, 11) is 1.79. The third-order valence-electron chi connectivity index (χ3n) is 6.53. The molecule has 8 nitrogen and oxygen atoms in total. The maximum atomic E-state index is 13.3. The SMILES string of the molecule is CN1CC(NC(=O)OCC2c3ccccc3-c3ccccc32)C(=O)N(CC(=O)O)c2ccccc21. The molecule has 0 saturated heterocycles. The van der Waals surface area contributed by atoms with Crippen molar-refractivity contribution < 1.29 is 24.2 Å². The predicted octanol–water partition coefficient (Wildman–Crippen LogP) is 3.46. The number of nitrogens with zero attached hydrogens (tertiary/aromatic N) is 2. The number of nitrogens with one attached hydrogen (secondary N) is 1. The van der Waals surface area contributed by atoms with E-state index in [-0.39, 0.29) is 19.1 Å². The van der Waals surface area contributed by atoms with Gasteiger partial charge in [0.15, 0.2) is 0 Å². The quantitative estimate of drug-likeness (QED) is 0.591. The number of rotatable bonds is 5. The summed E-state index contributed by atoms with van der Waals surface area (Å²) in [6, 6.07) is 22.2. The number of para-hydroxylation sites is 2. The molecule has 1 atom stereocenters. The smallest absolute Gasteiger partial charge is 0.407 e. The number of ether oxygens (including phenoxy) is 1. The van der Waals surface area contributed by atoms with Gasteiger partial charge in [-0.25, -0.2) is 4.79 Å². The first-order chi connectivity index (χ1) is 16.9. The summed E-state index contributed by atoms with van der Waals surface area (Å²) < 4.78 is 5.60. The van der Waals surface area contributed by atoms with Gasteiger partial charge in [-0.2, -0.15) is 0 Å².